The van der Waals surface area contributed by atoms with Crippen LogP contribution in [0.25, 0.3) is 0 Å². The van der Waals surface area contributed by atoms with Crippen molar-refractivity contribution >= 4 is 39.4 Å². The van der Waals surface area contributed by atoms with Crippen LogP contribution in [-0.4, -0.2) is 76.2 Å². The summed E-state index contributed by atoms with van der Waals surface area (Å²) in [6.45, 7) is 12.9. The average molecular weight is 561 g/mol. The van der Waals surface area contributed by atoms with Crippen LogP contribution in [0.2, 0.25) is 0 Å². The number of aryl methyl sites for hydroxylation is 2. The molecule has 1 aromatic rings. The lowest BCUT2D eigenvalue weighted by Gasteiger charge is -2.39. The second-order valence-electron chi connectivity index (χ2n) is 9.84. The van der Waals surface area contributed by atoms with E-state index >= 15 is 0 Å². The molecule has 1 spiro atoms. The molecule has 3 heterocycles. The Morgan fingerprint density at radius 3 is 2.58 bits per heavy atom. The Morgan fingerprint density at radius 2 is 2.00 bits per heavy atom. The first-order chi connectivity index (χ1) is 17.1. The van der Waals surface area contributed by atoms with Gasteiger partial charge in [-0.25, -0.2) is 0 Å². The van der Waals surface area contributed by atoms with Crippen molar-refractivity contribution in [3.8, 4) is 0 Å². The van der Waals surface area contributed by atoms with Crippen molar-refractivity contribution in [2.75, 3.05) is 24.7 Å². The number of carbonyl (C=O) groups excluding carboxylic acids is 3. The minimum atomic E-state index is -1.23. The molecule has 2 amide bonds. The van der Waals surface area contributed by atoms with Crippen LogP contribution >= 0.6 is 15.9 Å². The number of halogens is 1. The number of amides is 2. The number of esters is 1. The van der Waals surface area contributed by atoms with Crippen LogP contribution in [0, 0.1) is 25.7 Å². The second-order valence-corrected chi connectivity index (χ2v) is 11.0. The molecule has 1 N–H and O–H groups in total. The third kappa shape index (κ3) is 3.92. The van der Waals surface area contributed by atoms with Crippen molar-refractivity contribution in [2.45, 2.75) is 55.8 Å². The summed E-state index contributed by atoms with van der Waals surface area (Å²) in [7, 11) is 0. The van der Waals surface area contributed by atoms with Crippen LogP contribution in [0.15, 0.2) is 43.5 Å². The Balaban J connectivity index is 1.84. The number of fused-ring (bicyclic) bond motifs is 1. The Labute approximate surface area is 220 Å². The molecule has 2 bridgehead atoms. The van der Waals surface area contributed by atoms with E-state index in [2.05, 4.69) is 29.1 Å². The van der Waals surface area contributed by atoms with E-state index in [1.54, 1.807) is 17.9 Å². The van der Waals surface area contributed by atoms with Gasteiger partial charge >= 0.3 is 5.97 Å². The molecule has 3 unspecified atom stereocenters. The number of aliphatic hydroxyl groups excluding tert-OH is 1. The molecule has 194 valence electrons. The second kappa shape index (κ2) is 10.1. The number of para-hydroxylation sites is 1. The predicted molar refractivity (Wildman–Crippen MR) is 139 cm³/mol. The minimum absolute atomic E-state index is 0.0156. The maximum absolute atomic E-state index is 14.5. The van der Waals surface area contributed by atoms with E-state index < -0.39 is 41.6 Å². The molecule has 4 rings (SSSR count). The Kier molecular flexibility index (Phi) is 7.46. The van der Waals surface area contributed by atoms with Gasteiger partial charge < -0.3 is 24.4 Å². The quantitative estimate of drug-likeness (QED) is 0.283. The third-order valence-corrected chi connectivity index (χ3v) is 8.45. The van der Waals surface area contributed by atoms with Gasteiger partial charge in [0.25, 0.3) is 5.91 Å². The predicted octanol–water partition coefficient (Wildman–Crippen LogP) is 2.68. The molecule has 3 saturated heterocycles. The highest BCUT2D eigenvalue weighted by Crippen LogP contribution is 2.60. The maximum atomic E-state index is 14.5. The van der Waals surface area contributed by atoms with E-state index in [-0.39, 0.29) is 36.4 Å². The molecule has 7 atom stereocenters. The first-order valence-corrected chi connectivity index (χ1v) is 13.1. The Hall–Kier alpha value is -2.49. The maximum Gasteiger partial charge on any atom is 0.312 e. The molecule has 9 heteroatoms. The number of aliphatic hydroxyl groups is 1. The van der Waals surface area contributed by atoms with Gasteiger partial charge in [-0.2, -0.15) is 0 Å². The van der Waals surface area contributed by atoms with Gasteiger partial charge in [-0.15, -0.1) is 6.58 Å². The van der Waals surface area contributed by atoms with Gasteiger partial charge in [0.1, 0.15) is 18.2 Å². The van der Waals surface area contributed by atoms with Crippen molar-refractivity contribution in [3.63, 3.8) is 0 Å². The summed E-state index contributed by atoms with van der Waals surface area (Å²) in [5.41, 5.74) is 1.33. The van der Waals surface area contributed by atoms with Crippen LogP contribution in [-0.2, 0) is 23.9 Å². The molecule has 3 aliphatic rings. The number of hydrogen-bond acceptors (Lipinski definition) is 6. The summed E-state index contributed by atoms with van der Waals surface area (Å²) in [4.78, 5) is 44.3. The van der Waals surface area contributed by atoms with Crippen molar-refractivity contribution in [2.24, 2.45) is 11.8 Å². The molecule has 0 aromatic heterocycles. The first kappa shape index (κ1) is 26.6. The molecule has 1 aromatic carbocycles. The molecule has 36 heavy (non-hydrogen) atoms. The van der Waals surface area contributed by atoms with E-state index in [1.807, 2.05) is 32.0 Å². The zero-order valence-electron chi connectivity index (χ0n) is 20.9. The van der Waals surface area contributed by atoms with Crippen molar-refractivity contribution in [1.29, 1.82) is 0 Å². The summed E-state index contributed by atoms with van der Waals surface area (Å²) in [5, 5.41) is 10.0. The Morgan fingerprint density at radius 1 is 1.33 bits per heavy atom. The van der Waals surface area contributed by atoms with Crippen LogP contribution < -0.4 is 4.90 Å². The highest BCUT2D eigenvalue weighted by molar-refractivity contribution is 9.09. The van der Waals surface area contributed by atoms with Crippen molar-refractivity contribution in [3.05, 3.63) is 54.6 Å². The summed E-state index contributed by atoms with van der Waals surface area (Å²) in [6, 6.07) is 4.10. The van der Waals surface area contributed by atoms with Crippen molar-refractivity contribution in [1.82, 2.24) is 4.90 Å². The average Bonchev–Trinajstić information content (AvgIpc) is 3.44. The van der Waals surface area contributed by atoms with Crippen LogP contribution in [0.3, 0.4) is 0 Å². The number of alkyl halides is 1. The number of rotatable bonds is 9. The molecule has 0 saturated carbocycles. The van der Waals surface area contributed by atoms with Gasteiger partial charge in [-0.1, -0.05) is 52.9 Å². The zero-order valence-corrected chi connectivity index (χ0v) is 22.4. The lowest BCUT2D eigenvalue weighted by Crippen LogP contribution is -2.59. The van der Waals surface area contributed by atoms with Gasteiger partial charge in [0, 0.05) is 17.1 Å². The van der Waals surface area contributed by atoms with E-state index in [0.717, 1.165) is 16.8 Å². The number of ether oxygens (including phenoxy) is 2. The number of anilines is 1. The largest absolute Gasteiger partial charge is 0.461 e. The van der Waals surface area contributed by atoms with Gasteiger partial charge in [-0.3, -0.25) is 14.4 Å². The Bertz CT molecular complexity index is 1070. The lowest BCUT2D eigenvalue weighted by atomic mass is 9.70. The van der Waals surface area contributed by atoms with Crippen LogP contribution in [0.4, 0.5) is 5.69 Å². The summed E-state index contributed by atoms with van der Waals surface area (Å²) in [6.07, 6.45) is 2.88. The summed E-state index contributed by atoms with van der Waals surface area (Å²) in [5.74, 6) is -3.01. The number of benzene rings is 1. The minimum Gasteiger partial charge on any atom is -0.461 e. The molecular formula is C27H33BrN2O6. The highest BCUT2D eigenvalue weighted by atomic mass is 79.9. The zero-order chi connectivity index (χ0) is 26.4. The third-order valence-electron chi connectivity index (χ3n) is 7.60. The molecule has 0 aliphatic carbocycles. The molecular weight excluding hydrogens is 528 g/mol. The fourth-order valence-electron chi connectivity index (χ4n) is 6.22. The highest BCUT2D eigenvalue weighted by Gasteiger charge is 2.77. The summed E-state index contributed by atoms with van der Waals surface area (Å²) < 4.78 is 11.8. The molecule has 3 aliphatic heterocycles. The van der Waals surface area contributed by atoms with Crippen LogP contribution in [0.1, 0.15) is 24.5 Å². The van der Waals surface area contributed by atoms with Gasteiger partial charge in [0.15, 0.2) is 0 Å². The normalized spacial score (nSPS) is 31.2. The van der Waals surface area contributed by atoms with E-state index in [0.29, 0.717) is 6.42 Å². The van der Waals surface area contributed by atoms with Gasteiger partial charge in [0.2, 0.25) is 5.91 Å². The number of likely N-dealkylation sites (tertiary alicyclic amines) is 1. The first-order valence-electron chi connectivity index (χ1n) is 12.2. The fourth-order valence-corrected chi connectivity index (χ4v) is 7.16. The monoisotopic (exact) mass is 560 g/mol. The molecule has 0 radical (unpaired) electrons. The fraction of sp³-hybridized carbons (Fsp3) is 0.519. The number of carbonyl (C=O) groups is 3. The smallest absolute Gasteiger partial charge is 0.312 e. The van der Waals surface area contributed by atoms with Gasteiger partial charge in [0.05, 0.1) is 30.6 Å². The number of nitrogens with zero attached hydrogens (tertiary/aromatic N) is 2. The molecule has 8 nitrogen and oxygen atoms in total. The lowest BCUT2D eigenvalue weighted by molar-refractivity contribution is -0.154. The van der Waals surface area contributed by atoms with E-state index in [1.165, 1.54) is 11.0 Å². The van der Waals surface area contributed by atoms with Crippen LogP contribution in [0.5, 0.6) is 0 Å². The number of hydrogen-bond donors (Lipinski definition) is 1. The standard InChI is InChI=1S/C27H33BrN2O6/c1-6-11-29(21-15(3)9-8-10-16(21)4)25(33)23-27-13-18(28)22(36-27)19(26(34)35-12-7-2)20(27)24(32)30(23)17(5)14-31/h6-10,17-20,22-23,31H,1-2,11-14H2,3-5H3/t17-,18?,19-,20+,22-,23?,27?/m1/s1. The van der Waals surface area contributed by atoms with E-state index in [9.17, 15) is 19.5 Å². The molecule has 3 fully saturated rings. The SMILES string of the molecule is C=CCOC(=O)[C@H]1[C@@H]2OC3(CC2Br)C(C(=O)N(CC=C)c2c(C)cccc2C)N([C@H](C)CO)C(=O)[C@H]13. The van der Waals surface area contributed by atoms with Gasteiger partial charge in [-0.05, 0) is 38.3 Å². The topological polar surface area (TPSA) is 96.4 Å². The van der Waals surface area contributed by atoms with Crippen molar-refractivity contribution < 1.29 is 29.0 Å². The van der Waals surface area contributed by atoms with E-state index in [4.69, 9.17) is 9.47 Å². The summed E-state index contributed by atoms with van der Waals surface area (Å²) >= 11 is 3.64.